The van der Waals surface area contributed by atoms with Gasteiger partial charge in [-0.15, -0.1) is 0 Å². The lowest BCUT2D eigenvalue weighted by Crippen LogP contribution is -2.51. The molecule has 0 amide bonds. The minimum atomic E-state index is 0.408. The molecule has 1 N–H and O–H groups in total. The largest absolute Gasteiger partial charge is 0.383 e. The van der Waals surface area contributed by atoms with Crippen molar-refractivity contribution in [2.45, 2.75) is 38.9 Å². The van der Waals surface area contributed by atoms with E-state index in [-0.39, 0.29) is 0 Å². The molecular formula is C12H28N2O2. The number of ether oxygens (including phenoxy) is 2. The second-order valence-electron chi connectivity index (χ2n) is 4.35. The van der Waals surface area contributed by atoms with Crippen LogP contribution < -0.4 is 5.32 Å². The summed E-state index contributed by atoms with van der Waals surface area (Å²) in [6.07, 6.45) is 0. The Balaban J connectivity index is 4.38. The highest BCUT2D eigenvalue weighted by atomic mass is 16.5. The summed E-state index contributed by atoms with van der Waals surface area (Å²) in [5.74, 6) is 0. The molecule has 98 valence electrons. The van der Waals surface area contributed by atoms with Crippen molar-refractivity contribution in [3.8, 4) is 0 Å². The van der Waals surface area contributed by atoms with Crippen LogP contribution in [-0.2, 0) is 9.47 Å². The molecule has 0 fully saturated rings. The first kappa shape index (κ1) is 15.8. The minimum absolute atomic E-state index is 0.408. The second-order valence-corrected chi connectivity index (χ2v) is 4.35. The van der Waals surface area contributed by atoms with Crippen LogP contribution in [-0.4, -0.2) is 64.1 Å². The zero-order valence-corrected chi connectivity index (χ0v) is 11.6. The monoisotopic (exact) mass is 232 g/mol. The van der Waals surface area contributed by atoms with Crippen LogP contribution in [0.5, 0.6) is 0 Å². The van der Waals surface area contributed by atoms with Gasteiger partial charge in [-0.25, -0.2) is 0 Å². The Morgan fingerprint density at radius 3 is 2.19 bits per heavy atom. The second kappa shape index (κ2) is 8.93. The first-order valence-corrected chi connectivity index (χ1v) is 5.99. The molecule has 3 unspecified atom stereocenters. The summed E-state index contributed by atoms with van der Waals surface area (Å²) < 4.78 is 10.4. The van der Waals surface area contributed by atoms with Crippen LogP contribution in [0.15, 0.2) is 0 Å². The molecular weight excluding hydrogens is 204 g/mol. The van der Waals surface area contributed by atoms with Gasteiger partial charge in [-0.1, -0.05) is 0 Å². The van der Waals surface area contributed by atoms with Crippen LogP contribution in [0.3, 0.4) is 0 Å². The van der Waals surface area contributed by atoms with Gasteiger partial charge in [0.25, 0.3) is 0 Å². The zero-order chi connectivity index (χ0) is 12.6. The molecule has 0 aliphatic rings. The van der Waals surface area contributed by atoms with Crippen LogP contribution >= 0.6 is 0 Å². The molecule has 0 rings (SSSR count). The van der Waals surface area contributed by atoms with Gasteiger partial charge in [0, 0.05) is 38.9 Å². The number of methoxy groups -OCH3 is 2. The third-order valence-corrected chi connectivity index (χ3v) is 3.23. The van der Waals surface area contributed by atoms with Crippen molar-refractivity contribution in [2.24, 2.45) is 0 Å². The van der Waals surface area contributed by atoms with Crippen molar-refractivity contribution in [2.75, 3.05) is 41.0 Å². The molecule has 16 heavy (non-hydrogen) atoms. The molecule has 0 aromatic rings. The fourth-order valence-electron chi connectivity index (χ4n) is 1.89. The number of hydrogen-bond donors (Lipinski definition) is 1. The van der Waals surface area contributed by atoms with E-state index in [9.17, 15) is 0 Å². The van der Waals surface area contributed by atoms with Gasteiger partial charge in [0.1, 0.15) is 0 Å². The van der Waals surface area contributed by atoms with E-state index in [0.29, 0.717) is 18.1 Å². The van der Waals surface area contributed by atoms with E-state index in [1.165, 1.54) is 0 Å². The maximum atomic E-state index is 5.23. The highest BCUT2D eigenvalue weighted by Crippen LogP contribution is 2.09. The molecule has 0 aliphatic heterocycles. The fraction of sp³-hybridized carbons (Fsp3) is 1.00. The summed E-state index contributed by atoms with van der Waals surface area (Å²) in [5, 5.41) is 3.30. The van der Waals surface area contributed by atoms with Crippen LogP contribution in [0.4, 0.5) is 0 Å². The van der Waals surface area contributed by atoms with Crippen LogP contribution in [0.1, 0.15) is 20.8 Å². The van der Waals surface area contributed by atoms with E-state index in [1.54, 1.807) is 14.2 Å². The van der Waals surface area contributed by atoms with Gasteiger partial charge >= 0.3 is 0 Å². The van der Waals surface area contributed by atoms with Crippen molar-refractivity contribution in [3.05, 3.63) is 0 Å². The van der Waals surface area contributed by atoms with E-state index in [1.807, 2.05) is 7.05 Å². The highest BCUT2D eigenvalue weighted by Gasteiger charge is 2.23. The van der Waals surface area contributed by atoms with Gasteiger partial charge in [0.2, 0.25) is 0 Å². The van der Waals surface area contributed by atoms with Gasteiger partial charge in [-0.3, -0.25) is 4.90 Å². The topological polar surface area (TPSA) is 33.7 Å². The summed E-state index contributed by atoms with van der Waals surface area (Å²) in [6.45, 7) is 9.08. The molecule has 0 aromatic carbocycles. The molecule has 0 saturated heterocycles. The molecule has 0 aromatic heterocycles. The van der Waals surface area contributed by atoms with Gasteiger partial charge in [-0.2, -0.15) is 0 Å². The van der Waals surface area contributed by atoms with Crippen molar-refractivity contribution in [1.29, 1.82) is 0 Å². The van der Waals surface area contributed by atoms with Crippen LogP contribution in [0.2, 0.25) is 0 Å². The predicted molar refractivity (Wildman–Crippen MR) is 67.9 cm³/mol. The molecule has 0 spiro atoms. The quantitative estimate of drug-likeness (QED) is 0.642. The minimum Gasteiger partial charge on any atom is -0.383 e. The normalized spacial score (nSPS) is 17.4. The summed E-state index contributed by atoms with van der Waals surface area (Å²) in [4.78, 5) is 2.42. The summed E-state index contributed by atoms with van der Waals surface area (Å²) in [5.41, 5.74) is 0. The molecule has 4 heteroatoms. The van der Waals surface area contributed by atoms with E-state index in [2.05, 4.69) is 31.0 Å². The highest BCUT2D eigenvalue weighted by molar-refractivity contribution is 4.80. The van der Waals surface area contributed by atoms with E-state index >= 15 is 0 Å². The lowest BCUT2D eigenvalue weighted by molar-refractivity contribution is 0.0431. The van der Waals surface area contributed by atoms with Gasteiger partial charge in [-0.05, 0) is 27.8 Å². The SMILES string of the molecule is CNC(C)C(C)N(CCOC)C(C)COC. The Morgan fingerprint density at radius 1 is 1.12 bits per heavy atom. The Morgan fingerprint density at radius 2 is 1.75 bits per heavy atom. The van der Waals surface area contributed by atoms with E-state index in [0.717, 1.165) is 19.8 Å². The van der Waals surface area contributed by atoms with Gasteiger partial charge < -0.3 is 14.8 Å². The molecule has 0 radical (unpaired) electrons. The molecule has 0 saturated carbocycles. The van der Waals surface area contributed by atoms with Gasteiger partial charge in [0.15, 0.2) is 0 Å². The van der Waals surface area contributed by atoms with Crippen molar-refractivity contribution >= 4 is 0 Å². The van der Waals surface area contributed by atoms with Gasteiger partial charge in [0.05, 0.1) is 13.2 Å². The lowest BCUT2D eigenvalue weighted by atomic mass is 10.1. The Hall–Kier alpha value is -0.160. The maximum absolute atomic E-state index is 5.23. The lowest BCUT2D eigenvalue weighted by Gasteiger charge is -2.37. The zero-order valence-electron chi connectivity index (χ0n) is 11.6. The summed E-state index contributed by atoms with van der Waals surface area (Å²) >= 11 is 0. The first-order valence-electron chi connectivity index (χ1n) is 5.99. The third kappa shape index (κ3) is 5.25. The summed E-state index contributed by atoms with van der Waals surface area (Å²) in [6, 6.07) is 1.33. The first-order chi connectivity index (χ1) is 7.58. The number of likely N-dealkylation sites (N-methyl/N-ethyl adjacent to an activating group) is 1. The molecule has 4 nitrogen and oxygen atoms in total. The Bertz CT molecular complexity index is 167. The Kier molecular flexibility index (Phi) is 8.84. The van der Waals surface area contributed by atoms with Crippen LogP contribution in [0.25, 0.3) is 0 Å². The van der Waals surface area contributed by atoms with E-state index < -0.39 is 0 Å². The van der Waals surface area contributed by atoms with Crippen molar-refractivity contribution in [1.82, 2.24) is 10.2 Å². The van der Waals surface area contributed by atoms with Crippen molar-refractivity contribution in [3.63, 3.8) is 0 Å². The summed E-state index contributed by atoms with van der Waals surface area (Å²) in [7, 11) is 5.49. The molecule has 0 bridgehead atoms. The number of rotatable bonds is 9. The standard InChI is InChI=1S/C12H28N2O2/c1-10(9-16-6)14(7-8-15-5)12(3)11(2)13-4/h10-13H,7-9H2,1-6H3. The van der Waals surface area contributed by atoms with Crippen molar-refractivity contribution < 1.29 is 9.47 Å². The fourth-order valence-corrected chi connectivity index (χ4v) is 1.89. The predicted octanol–water partition coefficient (Wildman–Crippen LogP) is 0.966. The van der Waals surface area contributed by atoms with Crippen LogP contribution in [0, 0.1) is 0 Å². The number of hydrogen-bond acceptors (Lipinski definition) is 4. The number of nitrogens with one attached hydrogen (secondary N) is 1. The van der Waals surface area contributed by atoms with E-state index in [4.69, 9.17) is 9.47 Å². The Labute approximate surface area is 100 Å². The third-order valence-electron chi connectivity index (χ3n) is 3.23. The average molecular weight is 232 g/mol. The number of nitrogens with zero attached hydrogens (tertiary/aromatic N) is 1. The molecule has 3 atom stereocenters. The maximum Gasteiger partial charge on any atom is 0.0615 e. The smallest absolute Gasteiger partial charge is 0.0615 e. The molecule has 0 aliphatic carbocycles. The molecule has 0 heterocycles. The average Bonchev–Trinajstić information content (AvgIpc) is 2.28.